The molecule has 0 radical (unpaired) electrons. The summed E-state index contributed by atoms with van der Waals surface area (Å²) in [6, 6.07) is 21.8. The zero-order valence-corrected chi connectivity index (χ0v) is 13.4. The molecular formula is C19H14ClN3O. The van der Waals surface area contributed by atoms with Crippen molar-refractivity contribution in [2.45, 2.75) is 0 Å². The van der Waals surface area contributed by atoms with Gasteiger partial charge in [0.25, 0.3) is 5.91 Å². The Kier molecular flexibility index (Phi) is 4.99. The summed E-state index contributed by atoms with van der Waals surface area (Å²) in [5, 5.41) is 4.78. The van der Waals surface area contributed by atoms with Crippen molar-refractivity contribution in [3.8, 4) is 0 Å². The largest absolute Gasteiger partial charge is 0.271 e. The number of benzene rings is 2. The first-order valence-electron chi connectivity index (χ1n) is 7.34. The van der Waals surface area contributed by atoms with Crippen LogP contribution in [-0.2, 0) is 0 Å². The fraction of sp³-hybridized carbons (Fsp3) is 0. The van der Waals surface area contributed by atoms with Gasteiger partial charge in [-0.05, 0) is 30.3 Å². The minimum atomic E-state index is -0.332. The highest BCUT2D eigenvalue weighted by atomic mass is 35.5. The number of amides is 1. The zero-order chi connectivity index (χ0) is 16.8. The number of carbonyl (C=O) groups is 1. The number of carbonyl (C=O) groups excluding carboxylic acids is 1. The van der Waals surface area contributed by atoms with Crippen LogP contribution in [0.3, 0.4) is 0 Å². The number of halogens is 1. The van der Waals surface area contributed by atoms with Gasteiger partial charge >= 0.3 is 0 Å². The van der Waals surface area contributed by atoms with Crippen LogP contribution in [0.4, 0.5) is 0 Å². The van der Waals surface area contributed by atoms with E-state index < -0.39 is 0 Å². The molecule has 1 N–H and O–H groups in total. The van der Waals surface area contributed by atoms with Crippen LogP contribution in [0.1, 0.15) is 21.6 Å². The number of hydrogen-bond acceptors (Lipinski definition) is 3. The van der Waals surface area contributed by atoms with Crippen LogP contribution in [0.5, 0.6) is 0 Å². The molecule has 0 aliphatic heterocycles. The summed E-state index contributed by atoms with van der Waals surface area (Å²) >= 11 is 5.92. The Morgan fingerprint density at radius 2 is 1.67 bits per heavy atom. The van der Waals surface area contributed by atoms with Gasteiger partial charge < -0.3 is 0 Å². The molecule has 0 saturated heterocycles. The Bertz CT molecular complexity index is 823. The molecular weight excluding hydrogens is 322 g/mol. The van der Waals surface area contributed by atoms with Crippen molar-refractivity contribution in [1.29, 1.82) is 0 Å². The van der Waals surface area contributed by atoms with Gasteiger partial charge in [-0.2, -0.15) is 5.10 Å². The van der Waals surface area contributed by atoms with E-state index in [4.69, 9.17) is 11.6 Å². The molecule has 0 fully saturated rings. The second-order valence-electron chi connectivity index (χ2n) is 4.99. The first-order valence-corrected chi connectivity index (χ1v) is 7.72. The number of hydrogen-bond donors (Lipinski definition) is 1. The highest BCUT2D eigenvalue weighted by molar-refractivity contribution is 6.31. The molecule has 118 valence electrons. The molecule has 0 atom stereocenters. The normalized spacial score (nSPS) is 11.1. The van der Waals surface area contributed by atoms with Crippen LogP contribution in [0.15, 0.2) is 84.1 Å². The van der Waals surface area contributed by atoms with Gasteiger partial charge in [0.05, 0.1) is 5.69 Å². The first kappa shape index (κ1) is 15.9. The highest BCUT2D eigenvalue weighted by Gasteiger charge is 2.10. The van der Waals surface area contributed by atoms with E-state index in [1.807, 2.05) is 48.5 Å². The van der Waals surface area contributed by atoms with E-state index in [1.165, 1.54) is 0 Å². The monoisotopic (exact) mass is 335 g/mol. The van der Waals surface area contributed by atoms with Crippen LogP contribution in [0, 0.1) is 0 Å². The van der Waals surface area contributed by atoms with Crippen LogP contribution < -0.4 is 5.43 Å². The van der Waals surface area contributed by atoms with E-state index in [9.17, 15) is 4.79 Å². The fourth-order valence-corrected chi connectivity index (χ4v) is 2.36. The highest BCUT2D eigenvalue weighted by Crippen LogP contribution is 2.11. The van der Waals surface area contributed by atoms with E-state index in [2.05, 4.69) is 15.5 Å². The lowest BCUT2D eigenvalue weighted by Crippen LogP contribution is -2.21. The Morgan fingerprint density at radius 3 is 2.38 bits per heavy atom. The predicted molar refractivity (Wildman–Crippen MR) is 95.2 cm³/mol. The first-order chi connectivity index (χ1) is 11.7. The molecule has 3 rings (SSSR count). The summed E-state index contributed by atoms with van der Waals surface area (Å²) in [6.45, 7) is 0. The lowest BCUT2D eigenvalue weighted by Gasteiger charge is -2.07. The van der Waals surface area contributed by atoms with E-state index in [1.54, 1.807) is 30.5 Å². The molecule has 1 heterocycles. The molecule has 24 heavy (non-hydrogen) atoms. The van der Waals surface area contributed by atoms with E-state index in [0.717, 1.165) is 5.56 Å². The maximum Gasteiger partial charge on any atom is 0.271 e. The lowest BCUT2D eigenvalue weighted by atomic mass is 10.1. The van der Waals surface area contributed by atoms with Crippen molar-refractivity contribution in [3.63, 3.8) is 0 Å². The molecule has 5 heteroatoms. The van der Waals surface area contributed by atoms with Crippen molar-refractivity contribution < 1.29 is 4.79 Å². The van der Waals surface area contributed by atoms with Gasteiger partial charge in [0.15, 0.2) is 0 Å². The van der Waals surface area contributed by atoms with Gasteiger partial charge in [0.2, 0.25) is 0 Å². The topological polar surface area (TPSA) is 54.4 Å². The number of hydrazone groups is 1. The molecule has 0 aliphatic rings. The molecule has 3 aromatic rings. The van der Waals surface area contributed by atoms with Crippen molar-refractivity contribution in [2.75, 3.05) is 0 Å². The molecule has 1 amide bonds. The molecule has 1 aromatic heterocycles. The Morgan fingerprint density at radius 1 is 0.917 bits per heavy atom. The second-order valence-corrected chi connectivity index (χ2v) is 5.43. The second kappa shape index (κ2) is 7.53. The smallest absolute Gasteiger partial charge is 0.267 e. The van der Waals surface area contributed by atoms with Crippen molar-refractivity contribution in [3.05, 3.63) is 101 Å². The molecule has 2 aromatic carbocycles. The van der Waals surface area contributed by atoms with Crippen molar-refractivity contribution in [2.24, 2.45) is 5.10 Å². The molecule has 4 nitrogen and oxygen atoms in total. The standard InChI is InChI=1S/C19H14ClN3O/c20-16-10-6-9-15(13-16)19(24)23-22-18(14-7-2-1-3-8-14)17-11-4-5-12-21-17/h1-13H,(H,23,24)/b22-18-. The summed E-state index contributed by atoms with van der Waals surface area (Å²) in [4.78, 5) is 16.6. The van der Waals surface area contributed by atoms with E-state index in [-0.39, 0.29) is 5.91 Å². The van der Waals surface area contributed by atoms with Gasteiger partial charge in [0.1, 0.15) is 5.71 Å². The molecule has 0 spiro atoms. The number of aromatic nitrogens is 1. The van der Waals surface area contributed by atoms with Crippen LogP contribution in [0.2, 0.25) is 5.02 Å². The summed E-state index contributed by atoms with van der Waals surface area (Å²) < 4.78 is 0. The van der Waals surface area contributed by atoms with Gasteiger partial charge in [0, 0.05) is 22.3 Å². The number of nitrogens with one attached hydrogen (secondary N) is 1. The third-order valence-corrected chi connectivity index (χ3v) is 3.55. The average Bonchev–Trinajstić information content (AvgIpc) is 2.63. The van der Waals surface area contributed by atoms with Crippen molar-refractivity contribution in [1.82, 2.24) is 10.4 Å². The summed E-state index contributed by atoms with van der Waals surface area (Å²) in [6.07, 6.45) is 1.69. The molecule has 0 bridgehead atoms. The summed E-state index contributed by atoms with van der Waals surface area (Å²) in [5.74, 6) is -0.332. The average molecular weight is 336 g/mol. The maximum atomic E-state index is 12.3. The van der Waals surface area contributed by atoms with Gasteiger partial charge in [-0.15, -0.1) is 0 Å². The fourth-order valence-electron chi connectivity index (χ4n) is 2.17. The number of nitrogens with zero attached hydrogens (tertiary/aromatic N) is 2. The van der Waals surface area contributed by atoms with Gasteiger partial charge in [-0.1, -0.05) is 54.1 Å². The minimum Gasteiger partial charge on any atom is -0.267 e. The summed E-state index contributed by atoms with van der Waals surface area (Å²) in [7, 11) is 0. The zero-order valence-electron chi connectivity index (χ0n) is 12.7. The number of rotatable bonds is 4. The maximum absolute atomic E-state index is 12.3. The molecule has 0 unspecified atom stereocenters. The van der Waals surface area contributed by atoms with E-state index in [0.29, 0.717) is 22.0 Å². The molecule has 0 aliphatic carbocycles. The SMILES string of the molecule is O=C(N/N=C(/c1ccccc1)c1ccccn1)c1cccc(Cl)c1. The molecule has 0 saturated carbocycles. The Balaban J connectivity index is 1.91. The van der Waals surface area contributed by atoms with Crippen LogP contribution >= 0.6 is 11.6 Å². The number of pyridine rings is 1. The third kappa shape index (κ3) is 3.86. The Labute approximate surface area is 144 Å². The summed E-state index contributed by atoms with van der Waals surface area (Å²) in [5.41, 5.74) is 5.15. The third-order valence-electron chi connectivity index (χ3n) is 3.31. The van der Waals surface area contributed by atoms with Crippen LogP contribution in [-0.4, -0.2) is 16.6 Å². The predicted octanol–water partition coefficient (Wildman–Crippen LogP) is 3.92. The quantitative estimate of drug-likeness (QED) is 0.580. The Hall–Kier alpha value is -2.98. The van der Waals surface area contributed by atoms with Crippen molar-refractivity contribution >= 4 is 23.2 Å². The van der Waals surface area contributed by atoms with Crippen LogP contribution in [0.25, 0.3) is 0 Å². The lowest BCUT2D eigenvalue weighted by molar-refractivity contribution is 0.0955. The van der Waals surface area contributed by atoms with E-state index >= 15 is 0 Å². The minimum absolute atomic E-state index is 0.332. The van der Waals surface area contributed by atoms with Gasteiger partial charge in [-0.25, -0.2) is 5.43 Å². The van der Waals surface area contributed by atoms with Gasteiger partial charge in [-0.3, -0.25) is 9.78 Å².